The Labute approximate surface area is 171 Å². The molecule has 1 aromatic heterocycles. The highest BCUT2D eigenvalue weighted by Gasteiger charge is 2.35. The molecule has 146 valence electrons. The SMILES string of the molecule is CCc1nnc(NC(=O)c2ccc3c(c2)C(=O)N(CCc2ccccc2)C3=O)s1. The number of anilines is 1. The summed E-state index contributed by atoms with van der Waals surface area (Å²) in [4.78, 5) is 39.1. The van der Waals surface area contributed by atoms with Crippen LogP contribution in [0.25, 0.3) is 0 Å². The third-order valence-corrected chi connectivity index (χ3v) is 5.67. The summed E-state index contributed by atoms with van der Waals surface area (Å²) in [6.07, 6.45) is 1.32. The summed E-state index contributed by atoms with van der Waals surface area (Å²) in [5.41, 5.74) is 1.92. The number of rotatable bonds is 6. The lowest BCUT2D eigenvalue weighted by Gasteiger charge is -2.13. The Morgan fingerprint density at radius 3 is 2.52 bits per heavy atom. The first-order chi connectivity index (χ1) is 14.1. The minimum absolute atomic E-state index is 0.252. The number of carbonyl (C=O) groups is 3. The van der Waals surface area contributed by atoms with Crippen molar-refractivity contribution >= 4 is 34.2 Å². The zero-order chi connectivity index (χ0) is 20.4. The van der Waals surface area contributed by atoms with Crippen LogP contribution in [0.2, 0.25) is 0 Å². The Kier molecular flexibility index (Phi) is 5.18. The lowest BCUT2D eigenvalue weighted by molar-refractivity contribution is 0.0656. The highest BCUT2D eigenvalue weighted by Crippen LogP contribution is 2.25. The van der Waals surface area contributed by atoms with Crippen LogP contribution in [0.5, 0.6) is 0 Å². The van der Waals surface area contributed by atoms with Gasteiger partial charge >= 0.3 is 0 Å². The average molecular weight is 406 g/mol. The quantitative estimate of drug-likeness (QED) is 0.635. The van der Waals surface area contributed by atoms with E-state index in [-0.39, 0.29) is 17.4 Å². The number of nitrogens with zero attached hydrogens (tertiary/aromatic N) is 3. The zero-order valence-corrected chi connectivity index (χ0v) is 16.5. The number of amides is 3. The van der Waals surface area contributed by atoms with Crippen molar-refractivity contribution in [3.05, 3.63) is 75.8 Å². The van der Waals surface area contributed by atoms with Crippen molar-refractivity contribution in [3.63, 3.8) is 0 Å². The zero-order valence-electron chi connectivity index (χ0n) is 15.7. The second-order valence-corrected chi connectivity index (χ2v) is 7.63. The molecule has 3 aromatic rings. The maximum absolute atomic E-state index is 12.8. The lowest BCUT2D eigenvalue weighted by atomic mass is 10.1. The molecule has 1 aliphatic rings. The highest BCUT2D eigenvalue weighted by atomic mass is 32.1. The molecule has 0 fully saturated rings. The van der Waals surface area contributed by atoms with Gasteiger partial charge in [-0.15, -0.1) is 10.2 Å². The van der Waals surface area contributed by atoms with Crippen molar-refractivity contribution in [3.8, 4) is 0 Å². The number of imide groups is 1. The van der Waals surface area contributed by atoms with Gasteiger partial charge in [-0.2, -0.15) is 0 Å². The van der Waals surface area contributed by atoms with Gasteiger partial charge < -0.3 is 0 Å². The fourth-order valence-electron chi connectivity index (χ4n) is 3.14. The molecular formula is C21H18N4O3S. The van der Waals surface area contributed by atoms with Gasteiger partial charge in [-0.1, -0.05) is 48.6 Å². The Hall–Kier alpha value is -3.39. The third kappa shape index (κ3) is 3.79. The molecule has 2 heterocycles. The van der Waals surface area contributed by atoms with Gasteiger partial charge in [0.2, 0.25) is 5.13 Å². The summed E-state index contributed by atoms with van der Waals surface area (Å²) in [5, 5.41) is 11.8. The van der Waals surface area contributed by atoms with Gasteiger partial charge in [0.15, 0.2) is 0 Å². The number of fused-ring (bicyclic) bond motifs is 1. The number of carbonyl (C=O) groups excluding carboxylic acids is 3. The third-order valence-electron chi connectivity index (χ3n) is 4.69. The molecule has 29 heavy (non-hydrogen) atoms. The van der Waals surface area contributed by atoms with Gasteiger partial charge in [-0.25, -0.2) is 0 Å². The van der Waals surface area contributed by atoms with E-state index in [9.17, 15) is 14.4 Å². The molecule has 4 rings (SSSR count). The predicted octanol–water partition coefficient (Wildman–Crippen LogP) is 3.19. The molecule has 2 aromatic carbocycles. The normalized spacial score (nSPS) is 12.9. The second kappa shape index (κ2) is 7.92. The van der Waals surface area contributed by atoms with Crippen LogP contribution in [-0.4, -0.2) is 39.4 Å². The number of nitrogens with one attached hydrogen (secondary N) is 1. The van der Waals surface area contributed by atoms with E-state index >= 15 is 0 Å². The maximum Gasteiger partial charge on any atom is 0.261 e. The van der Waals surface area contributed by atoms with Crippen LogP contribution in [0.15, 0.2) is 48.5 Å². The molecule has 0 unspecified atom stereocenters. The van der Waals surface area contributed by atoms with Gasteiger partial charge in [0.05, 0.1) is 11.1 Å². The van der Waals surface area contributed by atoms with Crippen LogP contribution in [0, 0.1) is 0 Å². The largest absolute Gasteiger partial charge is 0.296 e. The number of aromatic nitrogens is 2. The van der Waals surface area contributed by atoms with Gasteiger partial charge in [0.1, 0.15) is 5.01 Å². The van der Waals surface area contributed by atoms with Crippen molar-refractivity contribution in [2.24, 2.45) is 0 Å². The number of hydrogen-bond acceptors (Lipinski definition) is 6. The Bertz CT molecular complexity index is 1090. The van der Waals surface area contributed by atoms with Gasteiger partial charge in [0.25, 0.3) is 17.7 Å². The molecule has 0 saturated carbocycles. The lowest BCUT2D eigenvalue weighted by Crippen LogP contribution is -2.31. The summed E-state index contributed by atoms with van der Waals surface area (Å²) in [5.74, 6) is -1.10. The van der Waals surface area contributed by atoms with Crippen molar-refractivity contribution in [1.29, 1.82) is 0 Å². The highest BCUT2D eigenvalue weighted by molar-refractivity contribution is 7.15. The summed E-state index contributed by atoms with van der Waals surface area (Å²) in [6.45, 7) is 2.25. The summed E-state index contributed by atoms with van der Waals surface area (Å²) in [6, 6.07) is 14.2. The fraction of sp³-hybridized carbons (Fsp3) is 0.190. The minimum atomic E-state index is -0.394. The first-order valence-electron chi connectivity index (χ1n) is 9.24. The Morgan fingerprint density at radius 2 is 1.79 bits per heavy atom. The van der Waals surface area contributed by atoms with E-state index in [0.717, 1.165) is 17.0 Å². The van der Waals surface area contributed by atoms with Gasteiger partial charge in [-0.05, 0) is 36.6 Å². The Morgan fingerprint density at radius 1 is 1.03 bits per heavy atom. The second-order valence-electron chi connectivity index (χ2n) is 6.57. The molecule has 3 amide bonds. The van der Waals surface area contributed by atoms with Crippen LogP contribution in [0.4, 0.5) is 5.13 Å². The van der Waals surface area contributed by atoms with Gasteiger partial charge in [0, 0.05) is 12.1 Å². The first kappa shape index (κ1) is 18.9. The van der Waals surface area contributed by atoms with E-state index in [4.69, 9.17) is 0 Å². The molecule has 0 atom stereocenters. The molecule has 0 spiro atoms. The average Bonchev–Trinajstić information content (AvgIpc) is 3.30. The molecule has 0 radical (unpaired) electrons. The minimum Gasteiger partial charge on any atom is -0.296 e. The van der Waals surface area contributed by atoms with Crippen LogP contribution in [0.1, 0.15) is 48.6 Å². The van der Waals surface area contributed by atoms with Crippen LogP contribution >= 0.6 is 11.3 Å². The van der Waals surface area contributed by atoms with E-state index in [1.54, 1.807) is 6.07 Å². The molecule has 1 aliphatic heterocycles. The monoisotopic (exact) mass is 406 g/mol. The smallest absolute Gasteiger partial charge is 0.261 e. The molecular weight excluding hydrogens is 388 g/mol. The predicted molar refractivity (Wildman–Crippen MR) is 109 cm³/mol. The number of aryl methyl sites for hydroxylation is 1. The first-order valence-corrected chi connectivity index (χ1v) is 10.1. The molecule has 0 saturated heterocycles. The fourth-order valence-corrected chi connectivity index (χ4v) is 3.81. The Balaban J connectivity index is 1.49. The summed E-state index contributed by atoms with van der Waals surface area (Å²) < 4.78 is 0. The summed E-state index contributed by atoms with van der Waals surface area (Å²) >= 11 is 1.30. The molecule has 0 bridgehead atoms. The van der Waals surface area contributed by atoms with Crippen molar-refractivity contribution in [2.45, 2.75) is 19.8 Å². The van der Waals surface area contributed by atoms with Crippen molar-refractivity contribution in [2.75, 3.05) is 11.9 Å². The van der Waals surface area contributed by atoms with E-state index < -0.39 is 5.91 Å². The number of benzene rings is 2. The summed E-state index contributed by atoms with van der Waals surface area (Å²) in [7, 11) is 0. The van der Waals surface area contributed by atoms with Crippen LogP contribution in [0.3, 0.4) is 0 Å². The van der Waals surface area contributed by atoms with E-state index in [1.165, 1.54) is 28.4 Å². The number of hydrogen-bond donors (Lipinski definition) is 1. The van der Waals surface area contributed by atoms with E-state index in [2.05, 4.69) is 15.5 Å². The van der Waals surface area contributed by atoms with E-state index in [1.807, 2.05) is 37.3 Å². The van der Waals surface area contributed by atoms with Crippen LogP contribution in [-0.2, 0) is 12.8 Å². The van der Waals surface area contributed by atoms with Gasteiger partial charge in [-0.3, -0.25) is 24.6 Å². The maximum atomic E-state index is 12.8. The molecule has 8 heteroatoms. The van der Waals surface area contributed by atoms with Crippen molar-refractivity contribution < 1.29 is 14.4 Å². The molecule has 7 nitrogen and oxygen atoms in total. The topological polar surface area (TPSA) is 92.3 Å². The molecule has 1 N–H and O–H groups in total. The van der Waals surface area contributed by atoms with E-state index in [0.29, 0.717) is 29.2 Å². The molecule has 0 aliphatic carbocycles. The van der Waals surface area contributed by atoms with Crippen molar-refractivity contribution in [1.82, 2.24) is 15.1 Å². The van der Waals surface area contributed by atoms with Crippen LogP contribution < -0.4 is 5.32 Å². The standard InChI is InChI=1S/C21H18N4O3S/c1-2-17-23-24-21(29-17)22-18(26)14-8-9-15-16(12-14)20(28)25(19(15)27)11-10-13-6-4-3-5-7-13/h3-9,12H,2,10-11H2,1H3,(H,22,24,26).